The van der Waals surface area contributed by atoms with Crippen LogP contribution in [0.5, 0.6) is 11.5 Å². The highest BCUT2D eigenvalue weighted by Gasteiger charge is 2.72. The van der Waals surface area contributed by atoms with Gasteiger partial charge in [-0.1, -0.05) is 66.7 Å². The van der Waals surface area contributed by atoms with E-state index in [4.69, 9.17) is 9.47 Å². The molecule has 0 N–H and O–H groups in total. The van der Waals surface area contributed by atoms with E-state index in [-0.39, 0.29) is 22.9 Å². The number of benzene rings is 4. The lowest BCUT2D eigenvalue weighted by Crippen LogP contribution is -2.48. The lowest BCUT2D eigenvalue weighted by Gasteiger charge is -2.37. The Bertz CT molecular complexity index is 1780. The van der Waals surface area contributed by atoms with Crippen molar-refractivity contribution in [2.45, 2.75) is 18.0 Å². The van der Waals surface area contributed by atoms with Crippen LogP contribution in [0.4, 0.5) is 10.1 Å². The van der Waals surface area contributed by atoms with Crippen LogP contribution in [0.25, 0.3) is 6.08 Å². The number of para-hydroxylation sites is 2. The molecule has 4 aromatic carbocycles. The third-order valence-corrected chi connectivity index (χ3v) is 8.88. The van der Waals surface area contributed by atoms with E-state index in [1.165, 1.54) is 38.5 Å². The fourth-order valence-corrected chi connectivity index (χ4v) is 7.20. The van der Waals surface area contributed by atoms with Gasteiger partial charge >= 0.3 is 0 Å². The zero-order chi connectivity index (χ0) is 29.2. The topological polar surface area (TPSA) is 72.9 Å². The summed E-state index contributed by atoms with van der Waals surface area (Å²) in [5, 5.41) is 0. The summed E-state index contributed by atoms with van der Waals surface area (Å²) in [5.74, 6) is -1.72. The molecule has 7 heteroatoms. The smallest absolute Gasteiger partial charge is 0.185 e. The molecule has 0 amide bonds. The van der Waals surface area contributed by atoms with E-state index in [1.807, 2.05) is 41.3 Å². The molecule has 0 radical (unpaired) electrons. The number of methoxy groups -OCH3 is 2. The Balaban J connectivity index is 1.58. The van der Waals surface area contributed by atoms with E-state index in [9.17, 15) is 18.8 Å². The summed E-state index contributed by atoms with van der Waals surface area (Å²) in [6.45, 7) is 0. The molecule has 2 heterocycles. The molecule has 208 valence electrons. The van der Waals surface area contributed by atoms with Gasteiger partial charge in [0.15, 0.2) is 28.8 Å². The van der Waals surface area contributed by atoms with Crippen molar-refractivity contribution >= 4 is 29.1 Å². The van der Waals surface area contributed by atoms with Gasteiger partial charge in [-0.05, 0) is 42.0 Å². The number of hydrogen-bond acceptors (Lipinski definition) is 6. The van der Waals surface area contributed by atoms with Gasteiger partial charge in [0.2, 0.25) is 0 Å². The molecule has 1 aliphatic carbocycles. The van der Waals surface area contributed by atoms with Crippen molar-refractivity contribution < 1.29 is 28.2 Å². The van der Waals surface area contributed by atoms with Gasteiger partial charge in [-0.2, -0.15) is 0 Å². The molecule has 2 aliphatic heterocycles. The van der Waals surface area contributed by atoms with Crippen LogP contribution in [0, 0.1) is 11.2 Å². The number of halogens is 1. The lowest BCUT2D eigenvalue weighted by molar-refractivity contribution is 0.0664. The van der Waals surface area contributed by atoms with E-state index in [0.717, 1.165) is 11.3 Å². The molecule has 0 saturated carbocycles. The van der Waals surface area contributed by atoms with Gasteiger partial charge in [-0.3, -0.25) is 14.4 Å². The van der Waals surface area contributed by atoms with Crippen LogP contribution in [-0.2, 0) is 0 Å². The van der Waals surface area contributed by atoms with Gasteiger partial charge in [0.1, 0.15) is 17.3 Å². The summed E-state index contributed by atoms with van der Waals surface area (Å²) in [5.41, 5.74) is 1.33. The van der Waals surface area contributed by atoms with E-state index >= 15 is 0 Å². The van der Waals surface area contributed by atoms with Crippen molar-refractivity contribution in [2.75, 3.05) is 19.1 Å². The Morgan fingerprint density at radius 1 is 0.810 bits per heavy atom. The maximum Gasteiger partial charge on any atom is 0.185 e. The fourth-order valence-electron chi connectivity index (χ4n) is 7.20. The summed E-state index contributed by atoms with van der Waals surface area (Å²) < 4.78 is 25.4. The van der Waals surface area contributed by atoms with Crippen LogP contribution < -0.4 is 14.4 Å². The summed E-state index contributed by atoms with van der Waals surface area (Å²) in [7, 11) is 3.01. The Hall–Kier alpha value is -5.04. The molecule has 1 saturated heterocycles. The fraction of sp³-hybridized carbons (Fsp3) is 0.171. The minimum atomic E-state index is -1.69. The van der Waals surface area contributed by atoms with Crippen molar-refractivity contribution in [1.29, 1.82) is 0 Å². The predicted molar refractivity (Wildman–Crippen MR) is 156 cm³/mol. The molecule has 0 bridgehead atoms. The largest absolute Gasteiger partial charge is 0.493 e. The number of nitrogens with zero attached hydrogens (tertiary/aromatic N) is 1. The first-order valence-corrected chi connectivity index (χ1v) is 13.7. The summed E-state index contributed by atoms with van der Waals surface area (Å²) in [6, 6.07) is 23.3. The number of carbonyl (C=O) groups is 3. The van der Waals surface area contributed by atoms with Crippen molar-refractivity contribution in [3.05, 3.63) is 131 Å². The highest BCUT2D eigenvalue weighted by Crippen LogP contribution is 2.62. The van der Waals surface area contributed by atoms with Crippen LogP contribution in [0.1, 0.15) is 48.1 Å². The first-order chi connectivity index (χ1) is 20.4. The highest BCUT2D eigenvalue weighted by molar-refractivity contribution is 6.32. The number of hydrogen-bond donors (Lipinski definition) is 0. The Morgan fingerprint density at radius 3 is 2.14 bits per heavy atom. The van der Waals surface area contributed by atoms with Crippen LogP contribution in [0.15, 0.2) is 97.1 Å². The zero-order valence-corrected chi connectivity index (χ0v) is 22.9. The number of carbonyl (C=O) groups excluding carboxylic acids is 3. The van der Waals surface area contributed by atoms with Gasteiger partial charge in [0, 0.05) is 33.9 Å². The SMILES string of the molecule is COc1cccc([C@H]2[C@@H](C(=O)c3ccc(F)cc3)N3c4ccccc4C=C[C@@H]3C23C(=O)c2ccccc2C3=O)c1OC. The second-order valence-electron chi connectivity index (χ2n) is 10.7. The third-order valence-electron chi connectivity index (χ3n) is 8.88. The van der Waals surface area contributed by atoms with Crippen molar-refractivity contribution in [1.82, 2.24) is 0 Å². The molecule has 7 rings (SSSR count). The molecule has 0 aromatic heterocycles. The van der Waals surface area contributed by atoms with E-state index < -0.39 is 29.2 Å². The number of ether oxygens (including phenoxy) is 2. The van der Waals surface area contributed by atoms with Crippen molar-refractivity contribution in [2.24, 2.45) is 5.41 Å². The minimum absolute atomic E-state index is 0.270. The zero-order valence-electron chi connectivity index (χ0n) is 22.9. The number of rotatable bonds is 5. The van der Waals surface area contributed by atoms with Crippen LogP contribution in [0.2, 0.25) is 0 Å². The monoisotopic (exact) mass is 559 g/mol. The lowest BCUT2D eigenvalue weighted by atomic mass is 9.64. The van der Waals surface area contributed by atoms with Gasteiger partial charge in [0.25, 0.3) is 0 Å². The van der Waals surface area contributed by atoms with Crippen molar-refractivity contribution in [3.8, 4) is 11.5 Å². The maximum atomic E-state index is 14.8. The van der Waals surface area contributed by atoms with Gasteiger partial charge in [-0.25, -0.2) is 4.39 Å². The molecular formula is C35H26FNO5. The van der Waals surface area contributed by atoms with Crippen molar-refractivity contribution in [3.63, 3.8) is 0 Å². The third kappa shape index (κ3) is 3.33. The number of anilines is 1. The average Bonchev–Trinajstić information content (AvgIpc) is 3.46. The normalized spacial score (nSPS) is 21.2. The first kappa shape index (κ1) is 25.9. The second kappa shape index (κ2) is 9.52. The molecule has 1 spiro atoms. The quantitative estimate of drug-likeness (QED) is 0.216. The molecule has 4 aromatic rings. The Morgan fingerprint density at radius 2 is 1.48 bits per heavy atom. The van der Waals surface area contributed by atoms with Gasteiger partial charge in [-0.15, -0.1) is 0 Å². The predicted octanol–water partition coefficient (Wildman–Crippen LogP) is 6.16. The van der Waals surface area contributed by atoms with Crippen LogP contribution in [-0.4, -0.2) is 43.7 Å². The summed E-state index contributed by atoms with van der Waals surface area (Å²) >= 11 is 0. The number of Topliss-reactive ketones (excluding diaryl/α,β-unsaturated/α-hetero) is 3. The number of ketones is 3. The molecular weight excluding hydrogens is 533 g/mol. The minimum Gasteiger partial charge on any atom is -0.493 e. The molecule has 3 aliphatic rings. The van der Waals surface area contributed by atoms with Gasteiger partial charge < -0.3 is 14.4 Å². The van der Waals surface area contributed by atoms with Crippen LogP contribution >= 0.6 is 0 Å². The van der Waals surface area contributed by atoms with E-state index in [2.05, 4.69) is 0 Å². The van der Waals surface area contributed by atoms with E-state index in [1.54, 1.807) is 42.5 Å². The molecule has 42 heavy (non-hydrogen) atoms. The maximum absolute atomic E-state index is 14.8. The average molecular weight is 560 g/mol. The summed E-state index contributed by atoms with van der Waals surface area (Å²) in [6.07, 6.45) is 3.77. The molecule has 1 fully saturated rings. The van der Waals surface area contributed by atoms with Gasteiger partial charge in [0.05, 0.1) is 20.3 Å². The molecule has 6 nitrogen and oxygen atoms in total. The number of fused-ring (bicyclic) bond motifs is 5. The highest BCUT2D eigenvalue weighted by atomic mass is 19.1. The van der Waals surface area contributed by atoms with Crippen LogP contribution in [0.3, 0.4) is 0 Å². The first-order valence-electron chi connectivity index (χ1n) is 13.7. The Kier molecular flexibility index (Phi) is 5.87. The molecule has 3 atom stereocenters. The molecule has 0 unspecified atom stereocenters. The standard InChI is InChI=1S/C35H26FNO5/c1-41-27-13-7-11-25(32(27)42-2)29-30(31(38)21-14-17-22(36)18-15-21)37-26-12-6-3-8-20(26)16-19-28(37)35(29)33(39)23-9-4-5-10-24(23)34(35)40/h3-19,28-30H,1-2H3/t28-,29+,30+/m1/s1. The van der Waals surface area contributed by atoms with E-state index in [0.29, 0.717) is 28.2 Å². The Labute approximate surface area is 242 Å². The summed E-state index contributed by atoms with van der Waals surface area (Å²) in [4.78, 5) is 46.2. The second-order valence-corrected chi connectivity index (χ2v) is 10.7.